The van der Waals surface area contributed by atoms with E-state index in [-0.39, 0.29) is 21.2 Å². The first-order valence-electron chi connectivity index (χ1n) is 6.60. The Hall–Kier alpha value is -2.85. The van der Waals surface area contributed by atoms with Crippen LogP contribution in [0.25, 0.3) is 0 Å². The number of nitrogens with one attached hydrogen (secondary N) is 1. The Morgan fingerprint density at radius 1 is 1.32 bits per heavy atom. The van der Waals surface area contributed by atoms with Crippen LogP contribution in [0, 0.1) is 10.1 Å². The molecule has 9 nitrogen and oxygen atoms in total. The first kappa shape index (κ1) is 18.5. The smallest absolute Gasteiger partial charge is 0.311 e. The number of methoxy groups -OCH3 is 1. The maximum atomic E-state index is 12.3. The lowest BCUT2D eigenvalue weighted by Gasteiger charge is -2.09. The Labute approximate surface area is 147 Å². The van der Waals surface area contributed by atoms with Crippen LogP contribution >= 0.6 is 11.6 Å². The van der Waals surface area contributed by atoms with Crippen molar-refractivity contribution in [3.63, 3.8) is 0 Å². The van der Waals surface area contributed by atoms with Gasteiger partial charge in [0.15, 0.2) is 5.75 Å². The molecular formula is C14H12ClN3O6S. The first-order chi connectivity index (χ1) is 11.7. The maximum Gasteiger partial charge on any atom is 0.311 e. The minimum absolute atomic E-state index is 0.0763. The second-order valence-corrected chi connectivity index (χ2v) is 6.72. The first-order valence-corrected chi connectivity index (χ1v) is 8.46. The summed E-state index contributed by atoms with van der Waals surface area (Å²) in [6, 6.07) is 7.55. The van der Waals surface area contributed by atoms with E-state index in [0.29, 0.717) is 0 Å². The van der Waals surface area contributed by atoms with Gasteiger partial charge in [0, 0.05) is 16.7 Å². The number of rotatable bonds is 6. The highest BCUT2D eigenvalue weighted by Crippen LogP contribution is 2.27. The fourth-order valence-corrected chi connectivity index (χ4v) is 3.07. The molecule has 0 aliphatic rings. The average molecular weight is 386 g/mol. The molecule has 0 amide bonds. The number of phenolic OH excluding ortho intramolecular Hbond substituents is 1. The van der Waals surface area contributed by atoms with Gasteiger partial charge < -0.3 is 9.84 Å². The van der Waals surface area contributed by atoms with Crippen molar-refractivity contribution in [1.82, 2.24) is 4.83 Å². The normalized spacial score (nSPS) is 11.4. The molecule has 11 heteroatoms. The summed E-state index contributed by atoms with van der Waals surface area (Å²) in [5.74, 6) is -0.432. The van der Waals surface area contributed by atoms with E-state index in [1.54, 1.807) is 0 Å². The lowest BCUT2D eigenvalue weighted by molar-refractivity contribution is -0.385. The maximum absolute atomic E-state index is 12.3. The van der Waals surface area contributed by atoms with E-state index < -0.39 is 26.4 Å². The molecule has 0 spiro atoms. The SMILES string of the molecule is COc1ccc(Cl)cc1S(=O)(=O)N/N=C/c1ccc(O)c([N+](=O)[O-])c1. The van der Waals surface area contributed by atoms with Crippen molar-refractivity contribution in [3.8, 4) is 11.5 Å². The molecule has 0 heterocycles. The summed E-state index contributed by atoms with van der Waals surface area (Å²) in [6.45, 7) is 0. The largest absolute Gasteiger partial charge is 0.502 e. The van der Waals surface area contributed by atoms with Gasteiger partial charge in [-0.25, -0.2) is 0 Å². The van der Waals surface area contributed by atoms with Crippen molar-refractivity contribution in [2.75, 3.05) is 7.11 Å². The monoisotopic (exact) mass is 385 g/mol. The van der Waals surface area contributed by atoms with Crippen molar-refractivity contribution >= 4 is 33.5 Å². The van der Waals surface area contributed by atoms with Gasteiger partial charge in [-0.3, -0.25) is 10.1 Å². The van der Waals surface area contributed by atoms with Crippen LogP contribution in [0.15, 0.2) is 46.4 Å². The van der Waals surface area contributed by atoms with Gasteiger partial charge in [-0.1, -0.05) is 11.6 Å². The molecule has 2 rings (SSSR count). The van der Waals surface area contributed by atoms with E-state index in [1.165, 1.54) is 31.4 Å². The fourth-order valence-electron chi connectivity index (χ4n) is 1.85. The number of hydrogen-bond acceptors (Lipinski definition) is 7. The number of nitro benzene ring substituents is 1. The quantitative estimate of drug-likeness (QED) is 0.445. The van der Waals surface area contributed by atoms with E-state index in [0.717, 1.165) is 18.3 Å². The predicted octanol–water partition coefficient (Wildman–Crippen LogP) is 2.27. The number of nitrogens with zero attached hydrogens (tertiary/aromatic N) is 2. The van der Waals surface area contributed by atoms with E-state index in [2.05, 4.69) is 5.10 Å². The molecule has 0 fully saturated rings. The Balaban J connectivity index is 2.26. The van der Waals surface area contributed by atoms with Crippen LogP contribution in [-0.2, 0) is 10.0 Å². The highest BCUT2D eigenvalue weighted by molar-refractivity contribution is 7.89. The van der Waals surface area contributed by atoms with Gasteiger partial charge in [0.25, 0.3) is 10.0 Å². The Kier molecular flexibility index (Phi) is 5.45. The second-order valence-electron chi connectivity index (χ2n) is 4.65. The summed E-state index contributed by atoms with van der Waals surface area (Å²) < 4.78 is 29.5. The van der Waals surface area contributed by atoms with Crippen LogP contribution in [0.4, 0.5) is 5.69 Å². The Bertz CT molecular complexity index is 946. The zero-order valence-electron chi connectivity index (χ0n) is 12.7. The average Bonchev–Trinajstić information content (AvgIpc) is 2.56. The van der Waals surface area contributed by atoms with Crippen molar-refractivity contribution in [2.45, 2.75) is 4.90 Å². The number of phenols is 1. The molecule has 2 aromatic carbocycles. The van der Waals surface area contributed by atoms with Gasteiger partial charge in [0.05, 0.1) is 18.2 Å². The Morgan fingerprint density at radius 3 is 2.68 bits per heavy atom. The molecule has 0 unspecified atom stereocenters. The lowest BCUT2D eigenvalue weighted by Crippen LogP contribution is -2.19. The second kappa shape index (κ2) is 7.36. The zero-order chi connectivity index (χ0) is 18.6. The summed E-state index contributed by atoms with van der Waals surface area (Å²) in [5, 5.41) is 23.9. The van der Waals surface area contributed by atoms with Gasteiger partial charge >= 0.3 is 5.69 Å². The third-order valence-corrected chi connectivity index (χ3v) is 4.48. The summed E-state index contributed by atoms with van der Waals surface area (Å²) in [5.41, 5.74) is -0.312. The van der Waals surface area contributed by atoms with Gasteiger partial charge in [0.1, 0.15) is 10.6 Å². The molecule has 132 valence electrons. The highest BCUT2D eigenvalue weighted by atomic mass is 35.5. The molecule has 0 saturated carbocycles. The topological polar surface area (TPSA) is 131 Å². The molecule has 0 aromatic heterocycles. The van der Waals surface area contributed by atoms with Gasteiger partial charge in [0.2, 0.25) is 0 Å². The van der Waals surface area contributed by atoms with Crippen molar-refractivity contribution < 1.29 is 23.2 Å². The predicted molar refractivity (Wildman–Crippen MR) is 90.7 cm³/mol. The van der Waals surface area contributed by atoms with E-state index >= 15 is 0 Å². The third-order valence-electron chi connectivity index (χ3n) is 3.00. The summed E-state index contributed by atoms with van der Waals surface area (Å²) in [4.78, 5) is 11.7. The molecule has 0 atom stereocenters. The molecule has 0 saturated heterocycles. The number of benzene rings is 2. The minimum atomic E-state index is -4.07. The van der Waals surface area contributed by atoms with Crippen LogP contribution < -0.4 is 9.57 Å². The van der Waals surface area contributed by atoms with Gasteiger partial charge in [-0.2, -0.15) is 18.4 Å². The number of hydrazone groups is 1. The standard InChI is InChI=1S/C14H12ClN3O6S/c1-24-13-5-3-10(15)7-14(13)25(22,23)17-16-8-9-2-4-12(19)11(6-9)18(20)21/h2-8,17,19H,1H3/b16-8+. The molecule has 2 N–H and O–H groups in total. The fraction of sp³-hybridized carbons (Fsp3) is 0.0714. The Morgan fingerprint density at radius 2 is 2.04 bits per heavy atom. The van der Waals surface area contributed by atoms with Crippen molar-refractivity contribution in [2.24, 2.45) is 5.10 Å². The van der Waals surface area contributed by atoms with Crippen molar-refractivity contribution in [1.29, 1.82) is 0 Å². The number of ether oxygens (including phenoxy) is 1. The van der Waals surface area contributed by atoms with Crippen molar-refractivity contribution in [3.05, 3.63) is 57.1 Å². The summed E-state index contributed by atoms with van der Waals surface area (Å²) >= 11 is 5.80. The number of hydrogen-bond donors (Lipinski definition) is 2. The summed E-state index contributed by atoms with van der Waals surface area (Å²) in [6.07, 6.45) is 1.06. The van der Waals surface area contributed by atoms with E-state index in [9.17, 15) is 23.6 Å². The molecule has 0 aliphatic carbocycles. The van der Waals surface area contributed by atoms with Crippen LogP contribution in [-0.4, -0.2) is 31.8 Å². The van der Waals surface area contributed by atoms with E-state index in [1.807, 2.05) is 4.83 Å². The molecule has 0 radical (unpaired) electrons. The molecule has 2 aromatic rings. The molecule has 0 aliphatic heterocycles. The van der Waals surface area contributed by atoms with Gasteiger partial charge in [-0.15, -0.1) is 0 Å². The molecule has 25 heavy (non-hydrogen) atoms. The molecular weight excluding hydrogens is 374 g/mol. The number of sulfonamides is 1. The van der Waals surface area contributed by atoms with Crippen LogP contribution in [0.5, 0.6) is 11.5 Å². The van der Waals surface area contributed by atoms with Crippen LogP contribution in [0.3, 0.4) is 0 Å². The van der Waals surface area contributed by atoms with Crippen LogP contribution in [0.1, 0.15) is 5.56 Å². The molecule has 0 bridgehead atoms. The van der Waals surface area contributed by atoms with Gasteiger partial charge in [-0.05, 0) is 30.3 Å². The number of nitro groups is 1. The zero-order valence-corrected chi connectivity index (χ0v) is 14.3. The third kappa shape index (κ3) is 4.37. The summed E-state index contributed by atoms with van der Waals surface area (Å²) in [7, 11) is -2.76. The number of aromatic hydroxyl groups is 1. The van der Waals surface area contributed by atoms with Crippen LogP contribution in [0.2, 0.25) is 5.02 Å². The van der Waals surface area contributed by atoms with E-state index in [4.69, 9.17) is 16.3 Å². The highest BCUT2D eigenvalue weighted by Gasteiger charge is 2.19. The lowest BCUT2D eigenvalue weighted by atomic mass is 10.2. The minimum Gasteiger partial charge on any atom is -0.502 e. The number of halogens is 1.